The molecular weight excluding hydrogens is 290 g/mol. The molecule has 2 rings (SSSR count). The van der Waals surface area contributed by atoms with E-state index in [1.165, 1.54) is 12.6 Å². The molecule has 0 aliphatic heterocycles. The average molecular weight is 309 g/mol. The fourth-order valence-corrected chi connectivity index (χ4v) is 2.71. The van der Waals surface area contributed by atoms with Gasteiger partial charge in [0.15, 0.2) is 0 Å². The summed E-state index contributed by atoms with van der Waals surface area (Å²) in [6.07, 6.45) is 0. The summed E-state index contributed by atoms with van der Waals surface area (Å²) in [6.45, 7) is 4.35. The van der Waals surface area contributed by atoms with Crippen LogP contribution in [0.25, 0.3) is 10.9 Å². The summed E-state index contributed by atoms with van der Waals surface area (Å²) >= 11 is 0. The monoisotopic (exact) mass is 309 g/mol. The number of aromatic nitrogens is 1. The number of rotatable bonds is 5. The van der Waals surface area contributed by atoms with Gasteiger partial charge in [0.1, 0.15) is 5.75 Å². The lowest BCUT2D eigenvalue weighted by Gasteiger charge is -2.06. The Kier molecular flexibility index (Phi) is 4.34. The minimum absolute atomic E-state index is 0.303. The first kappa shape index (κ1) is 15.5. The van der Waals surface area contributed by atoms with Crippen LogP contribution in [0.15, 0.2) is 18.2 Å². The van der Waals surface area contributed by atoms with Gasteiger partial charge in [0.05, 0.1) is 0 Å². The maximum Gasteiger partial charge on any atom is 0.236 e. The first-order valence-corrected chi connectivity index (χ1v) is 8.23. The minimum Gasteiger partial charge on any atom is -0.358 e. The number of carbonyl (C=O) groups is 1. The summed E-state index contributed by atoms with van der Waals surface area (Å²) in [5, 5.41) is 3.73. The molecule has 0 aliphatic rings. The Bertz CT molecular complexity index is 778. The van der Waals surface area contributed by atoms with Crippen LogP contribution < -0.4 is 10.0 Å². The van der Waals surface area contributed by atoms with Crippen molar-refractivity contribution in [3.05, 3.63) is 35.0 Å². The van der Waals surface area contributed by atoms with E-state index in [-0.39, 0.29) is 0 Å². The Hall–Kier alpha value is -1.86. The number of H-pyrrole nitrogens is 1. The zero-order valence-electron chi connectivity index (χ0n) is 12.3. The van der Waals surface area contributed by atoms with Gasteiger partial charge in [-0.1, -0.05) is 6.07 Å². The highest BCUT2D eigenvalue weighted by atomic mass is 32.2. The van der Waals surface area contributed by atoms with Crippen LogP contribution in [0, 0.1) is 13.8 Å². The second-order valence-corrected chi connectivity index (χ2v) is 6.92. The van der Waals surface area contributed by atoms with Gasteiger partial charge in [0, 0.05) is 23.1 Å². The molecule has 1 amide bonds. The number of aromatic amines is 1. The molecule has 0 unspecified atom stereocenters. The Morgan fingerprint density at radius 2 is 2.00 bits per heavy atom. The molecule has 1 aromatic heterocycles. The third-order valence-electron chi connectivity index (χ3n) is 3.49. The van der Waals surface area contributed by atoms with Crippen LogP contribution in [-0.4, -0.2) is 32.1 Å². The Morgan fingerprint density at radius 3 is 2.67 bits per heavy atom. The molecule has 7 heteroatoms. The van der Waals surface area contributed by atoms with E-state index >= 15 is 0 Å². The fraction of sp³-hybridized carbons (Fsp3) is 0.357. The molecule has 0 fully saturated rings. The molecule has 0 bridgehead atoms. The molecule has 1 aromatic carbocycles. The van der Waals surface area contributed by atoms with Gasteiger partial charge in [-0.15, -0.1) is 0 Å². The van der Waals surface area contributed by atoms with Crippen molar-refractivity contribution in [2.75, 3.05) is 12.8 Å². The van der Waals surface area contributed by atoms with Crippen molar-refractivity contribution in [1.29, 1.82) is 0 Å². The molecule has 0 radical (unpaired) electrons. The van der Waals surface area contributed by atoms with Crippen molar-refractivity contribution in [2.24, 2.45) is 0 Å². The number of sulfonamides is 1. The van der Waals surface area contributed by atoms with Crippen molar-refractivity contribution in [2.45, 2.75) is 20.4 Å². The van der Waals surface area contributed by atoms with Crippen LogP contribution in [0.4, 0.5) is 0 Å². The summed E-state index contributed by atoms with van der Waals surface area (Å²) in [5.74, 6) is -1.08. The number of fused-ring (bicyclic) bond motifs is 1. The van der Waals surface area contributed by atoms with Crippen LogP contribution in [0.5, 0.6) is 0 Å². The molecule has 0 spiro atoms. The Balaban J connectivity index is 2.07. The zero-order chi connectivity index (χ0) is 15.6. The molecular formula is C14H19N3O3S. The molecule has 0 saturated carbocycles. The van der Waals surface area contributed by atoms with Crippen molar-refractivity contribution in [1.82, 2.24) is 15.0 Å². The normalized spacial score (nSPS) is 11.8. The molecule has 0 atom stereocenters. The number of carbonyl (C=O) groups excluding carboxylic acids is 1. The second-order valence-electron chi connectivity index (χ2n) is 4.99. The average Bonchev–Trinajstić information content (AvgIpc) is 2.71. The van der Waals surface area contributed by atoms with Crippen LogP contribution >= 0.6 is 0 Å². The number of nitrogens with one attached hydrogen (secondary N) is 3. The lowest BCUT2D eigenvalue weighted by molar-refractivity contribution is -0.118. The molecule has 21 heavy (non-hydrogen) atoms. The van der Waals surface area contributed by atoms with E-state index in [1.54, 1.807) is 0 Å². The second kappa shape index (κ2) is 5.87. The molecule has 0 saturated heterocycles. The lowest BCUT2D eigenvalue weighted by Crippen LogP contribution is -2.34. The molecule has 2 aromatic rings. The third kappa shape index (κ3) is 3.62. The fourth-order valence-electron chi connectivity index (χ4n) is 2.11. The highest BCUT2D eigenvalue weighted by Crippen LogP contribution is 2.22. The van der Waals surface area contributed by atoms with E-state index in [1.807, 2.05) is 32.0 Å². The smallest absolute Gasteiger partial charge is 0.236 e. The van der Waals surface area contributed by atoms with Gasteiger partial charge in [-0.3, -0.25) is 4.79 Å². The van der Waals surface area contributed by atoms with Crippen molar-refractivity contribution in [3.8, 4) is 0 Å². The van der Waals surface area contributed by atoms with Gasteiger partial charge in [-0.25, -0.2) is 13.1 Å². The summed E-state index contributed by atoms with van der Waals surface area (Å²) in [6, 6.07) is 5.87. The minimum atomic E-state index is -3.53. The van der Waals surface area contributed by atoms with Crippen LogP contribution in [0.2, 0.25) is 0 Å². The van der Waals surface area contributed by atoms with Gasteiger partial charge in [0.2, 0.25) is 15.9 Å². The predicted molar refractivity (Wildman–Crippen MR) is 82.5 cm³/mol. The van der Waals surface area contributed by atoms with Gasteiger partial charge >= 0.3 is 0 Å². The van der Waals surface area contributed by atoms with Gasteiger partial charge in [0.25, 0.3) is 0 Å². The summed E-state index contributed by atoms with van der Waals surface area (Å²) in [5.41, 5.74) is 4.28. The van der Waals surface area contributed by atoms with Crippen molar-refractivity contribution < 1.29 is 13.2 Å². The van der Waals surface area contributed by atoms with E-state index < -0.39 is 21.7 Å². The van der Waals surface area contributed by atoms with Crippen LogP contribution in [-0.2, 0) is 21.4 Å². The highest BCUT2D eigenvalue weighted by molar-refractivity contribution is 7.90. The van der Waals surface area contributed by atoms with Crippen LogP contribution in [0.3, 0.4) is 0 Å². The summed E-state index contributed by atoms with van der Waals surface area (Å²) < 4.78 is 24.6. The third-order valence-corrected chi connectivity index (χ3v) is 4.76. The van der Waals surface area contributed by atoms with Crippen molar-refractivity contribution in [3.63, 3.8) is 0 Å². The molecule has 114 valence electrons. The highest BCUT2D eigenvalue weighted by Gasteiger charge is 2.13. The molecule has 0 aliphatic carbocycles. The number of aryl methyl sites for hydroxylation is 2. The first-order chi connectivity index (χ1) is 9.82. The largest absolute Gasteiger partial charge is 0.358 e. The summed E-state index contributed by atoms with van der Waals surface area (Å²) in [4.78, 5) is 14.9. The number of hydrogen-bond donors (Lipinski definition) is 3. The first-order valence-electron chi connectivity index (χ1n) is 6.58. The SMILES string of the molecule is CNS(=O)(=O)CC(=O)NCc1ccc2[nH]c(C)c(C)c2c1. The standard InChI is InChI=1S/C14H19N3O3S/c1-9-10(2)17-13-5-4-11(6-12(9)13)7-16-14(18)8-21(19,20)15-3/h4-6,15,17H,7-8H2,1-3H3,(H,16,18). The maximum absolute atomic E-state index is 11.6. The molecule has 3 N–H and O–H groups in total. The van der Waals surface area contributed by atoms with E-state index in [9.17, 15) is 13.2 Å². The van der Waals surface area contributed by atoms with Crippen molar-refractivity contribution >= 4 is 26.8 Å². The Labute approximate surface area is 124 Å². The maximum atomic E-state index is 11.6. The van der Waals surface area contributed by atoms with E-state index in [0.29, 0.717) is 6.54 Å². The molecule has 1 heterocycles. The van der Waals surface area contributed by atoms with Crippen LogP contribution in [0.1, 0.15) is 16.8 Å². The number of benzene rings is 1. The zero-order valence-corrected chi connectivity index (χ0v) is 13.1. The van der Waals surface area contributed by atoms with E-state index in [0.717, 1.165) is 22.2 Å². The van der Waals surface area contributed by atoms with Gasteiger partial charge in [-0.05, 0) is 44.2 Å². The van der Waals surface area contributed by atoms with E-state index in [2.05, 4.69) is 15.0 Å². The Morgan fingerprint density at radius 1 is 1.29 bits per heavy atom. The van der Waals surface area contributed by atoms with Gasteiger partial charge < -0.3 is 10.3 Å². The predicted octanol–water partition coefficient (Wildman–Crippen LogP) is 0.950. The summed E-state index contributed by atoms with van der Waals surface area (Å²) in [7, 11) is -2.24. The topological polar surface area (TPSA) is 91.1 Å². The molecule has 6 nitrogen and oxygen atoms in total. The quantitative estimate of drug-likeness (QED) is 0.768. The lowest BCUT2D eigenvalue weighted by atomic mass is 10.1. The van der Waals surface area contributed by atoms with Gasteiger partial charge in [-0.2, -0.15) is 0 Å². The van der Waals surface area contributed by atoms with E-state index in [4.69, 9.17) is 0 Å². The number of hydrogen-bond acceptors (Lipinski definition) is 3. The number of amides is 1.